The van der Waals surface area contributed by atoms with Gasteiger partial charge in [0.15, 0.2) is 6.67 Å². The zero-order chi connectivity index (χ0) is 17.0. The molecule has 3 amide bonds. The van der Waals surface area contributed by atoms with Crippen LogP contribution in [-0.4, -0.2) is 35.6 Å². The van der Waals surface area contributed by atoms with Gasteiger partial charge in [0.1, 0.15) is 11.6 Å². The summed E-state index contributed by atoms with van der Waals surface area (Å²) in [5.74, 6) is 0.767. The van der Waals surface area contributed by atoms with E-state index in [9.17, 15) is 9.59 Å². The van der Waals surface area contributed by atoms with Gasteiger partial charge in [-0.2, -0.15) is 0 Å². The topological polar surface area (TPSA) is 53.9 Å². The lowest BCUT2D eigenvalue weighted by Gasteiger charge is -2.35. The molecule has 5 rings (SSSR count). The fraction of sp³-hybridized carbons (Fsp3) is 0.684. The summed E-state index contributed by atoms with van der Waals surface area (Å²) in [5.41, 5.74) is 0.890. The number of amides is 3. The van der Waals surface area contributed by atoms with Gasteiger partial charge in [-0.3, -0.25) is 4.79 Å². The number of fused-ring (bicyclic) bond motifs is 1. The molecule has 1 aromatic heterocycles. The molecule has 5 nitrogen and oxygen atoms in total. The average Bonchev–Trinajstić information content (AvgIpc) is 3.30. The smallest absolute Gasteiger partial charge is 0.323 e. The lowest BCUT2D eigenvalue weighted by molar-refractivity contribution is -0.943. The van der Waals surface area contributed by atoms with Gasteiger partial charge in [-0.25, -0.2) is 9.69 Å². The Morgan fingerprint density at radius 2 is 2.04 bits per heavy atom. The summed E-state index contributed by atoms with van der Waals surface area (Å²) in [6.45, 7) is 1.56. The van der Waals surface area contributed by atoms with E-state index in [0.717, 1.165) is 44.6 Å². The van der Waals surface area contributed by atoms with Crippen LogP contribution in [0.2, 0.25) is 0 Å². The molecular weight excluding hydrogens is 334 g/mol. The van der Waals surface area contributed by atoms with Crippen molar-refractivity contribution >= 4 is 23.3 Å². The van der Waals surface area contributed by atoms with Crippen molar-refractivity contribution in [2.45, 2.75) is 62.9 Å². The standard InChI is InChI=1S/C19H25N3O2S/c23-17-19(8-2-1-3-9-19)20-18(24)22(17)12-21-10-6-15-14(7-11-25-15)16(21)13-4-5-13/h7,11,13,16H,1-6,8-10,12H2,(H,20,24)/p+1/t16-/m1/s1. The van der Waals surface area contributed by atoms with Gasteiger partial charge in [-0.15, -0.1) is 11.3 Å². The second kappa shape index (κ2) is 5.81. The van der Waals surface area contributed by atoms with Gasteiger partial charge in [0, 0.05) is 22.8 Å². The number of hydrogen-bond donors (Lipinski definition) is 2. The lowest BCUT2D eigenvalue weighted by atomic mass is 9.82. The van der Waals surface area contributed by atoms with Gasteiger partial charge >= 0.3 is 6.03 Å². The average molecular weight is 361 g/mol. The van der Waals surface area contributed by atoms with E-state index in [2.05, 4.69) is 16.8 Å². The second-order valence-electron chi connectivity index (χ2n) is 8.24. The molecule has 1 unspecified atom stereocenters. The number of urea groups is 1. The molecule has 0 aromatic carbocycles. The van der Waals surface area contributed by atoms with E-state index in [1.54, 1.807) is 0 Å². The van der Waals surface area contributed by atoms with Crippen molar-refractivity contribution in [2.75, 3.05) is 13.2 Å². The first-order valence-electron chi connectivity index (χ1n) is 9.73. The van der Waals surface area contributed by atoms with Crippen molar-refractivity contribution < 1.29 is 14.5 Å². The van der Waals surface area contributed by atoms with Crippen LogP contribution in [0.5, 0.6) is 0 Å². The number of rotatable bonds is 3. The van der Waals surface area contributed by atoms with Crippen molar-refractivity contribution in [1.29, 1.82) is 0 Å². The lowest BCUT2D eigenvalue weighted by Crippen LogP contribution is -3.15. The van der Waals surface area contributed by atoms with Crippen molar-refractivity contribution in [3.8, 4) is 0 Å². The minimum atomic E-state index is -0.590. The highest BCUT2D eigenvalue weighted by molar-refractivity contribution is 7.10. The predicted molar refractivity (Wildman–Crippen MR) is 95.4 cm³/mol. The molecule has 0 radical (unpaired) electrons. The van der Waals surface area contributed by atoms with Gasteiger partial charge in [0.05, 0.1) is 6.54 Å². The molecule has 1 saturated heterocycles. The van der Waals surface area contributed by atoms with Crippen molar-refractivity contribution in [3.05, 3.63) is 21.9 Å². The SMILES string of the molecule is O=C1NC2(CCCCC2)C(=O)N1C[NH+]1CCc2sccc2[C@H]1C1CC1. The molecule has 2 aliphatic heterocycles. The fourth-order valence-corrected chi connectivity index (χ4v) is 6.12. The Morgan fingerprint density at radius 3 is 2.80 bits per heavy atom. The molecular formula is C19H26N3O2S+. The molecule has 3 fully saturated rings. The largest absolute Gasteiger partial charge is 0.329 e. The third kappa shape index (κ3) is 2.53. The molecule has 1 spiro atoms. The van der Waals surface area contributed by atoms with Crippen LogP contribution in [0.4, 0.5) is 4.79 Å². The third-order valence-electron chi connectivity index (χ3n) is 6.64. The fourth-order valence-electron chi connectivity index (χ4n) is 5.19. The molecule has 1 aromatic rings. The van der Waals surface area contributed by atoms with E-state index in [4.69, 9.17) is 0 Å². The zero-order valence-corrected chi connectivity index (χ0v) is 15.4. The van der Waals surface area contributed by atoms with E-state index < -0.39 is 5.54 Å². The summed E-state index contributed by atoms with van der Waals surface area (Å²) in [6.07, 6.45) is 8.52. The monoisotopic (exact) mass is 360 g/mol. The third-order valence-corrected chi connectivity index (χ3v) is 7.63. The molecule has 3 heterocycles. The van der Waals surface area contributed by atoms with Crippen LogP contribution < -0.4 is 10.2 Å². The van der Waals surface area contributed by atoms with Gasteiger partial charge in [-0.05, 0) is 37.1 Å². The first-order chi connectivity index (χ1) is 12.2. The summed E-state index contributed by atoms with van der Waals surface area (Å²) in [5, 5.41) is 5.26. The van der Waals surface area contributed by atoms with Gasteiger partial charge in [0.25, 0.3) is 5.91 Å². The second-order valence-corrected chi connectivity index (χ2v) is 9.24. The van der Waals surface area contributed by atoms with E-state index in [0.29, 0.717) is 12.7 Å². The van der Waals surface area contributed by atoms with E-state index in [1.165, 1.54) is 39.5 Å². The predicted octanol–water partition coefficient (Wildman–Crippen LogP) is 1.85. The van der Waals surface area contributed by atoms with Crippen LogP contribution in [0.3, 0.4) is 0 Å². The number of nitrogens with one attached hydrogen (secondary N) is 2. The molecule has 2 saturated carbocycles. The maximum atomic E-state index is 13.1. The molecule has 0 bridgehead atoms. The summed E-state index contributed by atoms with van der Waals surface area (Å²) in [6, 6.07) is 2.58. The molecule has 6 heteroatoms. The van der Waals surface area contributed by atoms with Gasteiger partial charge < -0.3 is 10.2 Å². The first-order valence-corrected chi connectivity index (χ1v) is 10.6. The summed E-state index contributed by atoms with van der Waals surface area (Å²) in [4.78, 5) is 30.1. The minimum Gasteiger partial charge on any atom is -0.323 e. The normalized spacial score (nSPS) is 31.3. The van der Waals surface area contributed by atoms with Crippen LogP contribution in [0.15, 0.2) is 11.4 Å². The maximum Gasteiger partial charge on any atom is 0.329 e. The quantitative estimate of drug-likeness (QED) is 0.809. The van der Waals surface area contributed by atoms with Crippen LogP contribution >= 0.6 is 11.3 Å². The molecule has 134 valence electrons. The molecule has 2 atom stereocenters. The Balaban J connectivity index is 1.38. The Hall–Kier alpha value is -1.40. The van der Waals surface area contributed by atoms with Crippen LogP contribution in [0, 0.1) is 5.92 Å². The van der Waals surface area contributed by atoms with Gasteiger partial charge in [0.2, 0.25) is 0 Å². The highest BCUT2D eigenvalue weighted by atomic mass is 32.1. The minimum absolute atomic E-state index is 0.0374. The number of nitrogens with zero attached hydrogens (tertiary/aromatic N) is 1. The van der Waals surface area contributed by atoms with E-state index >= 15 is 0 Å². The molecule has 4 aliphatic rings. The summed E-state index contributed by atoms with van der Waals surface area (Å²) in [7, 11) is 0. The Morgan fingerprint density at radius 1 is 1.24 bits per heavy atom. The van der Waals surface area contributed by atoms with Crippen LogP contribution in [-0.2, 0) is 11.2 Å². The number of hydrogen-bond acceptors (Lipinski definition) is 3. The van der Waals surface area contributed by atoms with E-state index in [-0.39, 0.29) is 11.9 Å². The number of carbonyl (C=O) groups is 2. The molecule has 2 N–H and O–H groups in total. The zero-order valence-electron chi connectivity index (χ0n) is 14.6. The summed E-state index contributed by atoms with van der Waals surface area (Å²) < 4.78 is 0. The van der Waals surface area contributed by atoms with Crippen LogP contribution in [0.1, 0.15) is 61.4 Å². The van der Waals surface area contributed by atoms with Crippen LogP contribution in [0.25, 0.3) is 0 Å². The van der Waals surface area contributed by atoms with Crippen molar-refractivity contribution in [3.63, 3.8) is 0 Å². The summed E-state index contributed by atoms with van der Waals surface area (Å²) >= 11 is 1.86. The van der Waals surface area contributed by atoms with Gasteiger partial charge in [-0.1, -0.05) is 19.3 Å². The molecule has 25 heavy (non-hydrogen) atoms. The molecule has 2 aliphatic carbocycles. The Kier molecular flexibility index (Phi) is 3.68. The Labute approximate surface area is 152 Å². The number of quaternary nitrogens is 1. The first kappa shape index (κ1) is 15.8. The maximum absolute atomic E-state index is 13.1. The highest BCUT2D eigenvalue weighted by Gasteiger charge is 2.53. The number of thiophene rings is 1. The number of imide groups is 1. The van der Waals surface area contributed by atoms with Crippen molar-refractivity contribution in [1.82, 2.24) is 10.2 Å². The number of carbonyl (C=O) groups excluding carboxylic acids is 2. The Bertz CT molecular complexity index is 705. The highest BCUT2D eigenvalue weighted by Crippen LogP contribution is 2.42. The van der Waals surface area contributed by atoms with Crippen molar-refractivity contribution in [2.24, 2.45) is 5.92 Å². The van der Waals surface area contributed by atoms with E-state index in [1.807, 2.05) is 11.3 Å².